The Morgan fingerprint density at radius 1 is 1.38 bits per heavy atom. The predicted octanol–water partition coefficient (Wildman–Crippen LogP) is 3.22. The van der Waals surface area contributed by atoms with Crippen molar-refractivity contribution in [1.82, 2.24) is 4.90 Å². The molecule has 1 aromatic rings. The number of hydrogen-bond donors (Lipinski definition) is 0. The third-order valence-corrected chi connectivity index (χ3v) is 4.14. The van der Waals surface area contributed by atoms with Crippen LogP contribution in [0.2, 0.25) is 0 Å². The van der Waals surface area contributed by atoms with Crippen molar-refractivity contribution < 1.29 is 14.3 Å². The van der Waals surface area contributed by atoms with Gasteiger partial charge >= 0.3 is 5.97 Å². The molecule has 0 bridgehead atoms. The minimum Gasteiger partial charge on any atom is -0.427 e. The summed E-state index contributed by atoms with van der Waals surface area (Å²) in [4.78, 5) is 25.3. The molecule has 1 heterocycles. The Kier molecular flexibility index (Phi) is 5.14. The summed E-state index contributed by atoms with van der Waals surface area (Å²) in [5.41, 5.74) is 0.864. The zero-order valence-electron chi connectivity index (χ0n) is 11.8. The maximum atomic E-state index is 12.2. The van der Waals surface area contributed by atoms with E-state index in [4.69, 9.17) is 17.0 Å². The number of thioether (sulfide) groups is 1. The van der Waals surface area contributed by atoms with Gasteiger partial charge in [-0.15, -0.1) is 0 Å². The molecular weight excluding hydrogens is 306 g/mol. The molecule has 110 valence electrons. The molecule has 1 aromatic carbocycles. The molecule has 6 heteroatoms. The normalized spacial score (nSPS) is 16.7. The van der Waals surface area contributed by atoms with Crippen LogP contribution in [0.15, 0.2) is 29.2 Å². The highest BCUT2D eigenvalue weighted by atomic mass is 32.2. The molecule has 1 amide bonds. The number of benzene rings is 1. The molecule has 0 saturated carbocycles. The van der Waals surface area contributed by atoms with E-state index < -0.39 is 0 Å². The Morgan fingerprint density at radius 2 is 2.05 bits per heavy atom. The molecule has 1 aliphatic heterocycles. The van der Waals surface area contributed by atoms with Gasteiger partial charge in [-0.1, -0.05) is 43.0 Å². The summed E-state index contributed by atoms with van der Waals surface area (Å²) in [5.74, 6) is 0.0808. The van der Waals surface area contributed by atoms with Gasteiger partial charge in [0, 0.05) is 13.5 Å². The maximum absolute atomic E-state index is 12.2. The number of rotatable bonds is 4. The van der Waals surface area contributed by atoms with E-state index in [0.29, 0.717) is 21.5 Å². The van der Waals surface area contributed by atoms with Gasteiger partial charge in [-0.25, -0.2) is 0 Å². The second kappa shape index (κ2) is 6.87. The topological polar surface area (TPSA) is 46.6 Å². The standard InChI is InChI=1S/C15H15NO3S2/c1-3-8-16-14(18)13(21-15(16)20)9-11-4-6-12(7-5-11)19-10(2)17/h4-7,9H,3,8H2,1-2H3/b13-9-. The Morgan fingerprint density at radius 3 is 2.62 bits per heavy atom. The highest BCUT2D eigenvalue weighted by Gasteiger charge is 2.31. The SMILES string of the molecule is CCCN1C(=O)/C(=C/c2ccc(OC(C)=O)cc2)SC1=S. The monoisotopic (exact) mass is 321 g/mol. The first-order chi connectivity index (χ1) is 10.0. The predicted molar refractivity (Wildman–Crippen MR) is 87.9 cm³/mol. The Balaban J connectivity index is 2.15. The molecular formula is C15H15NO3S2. The Hall–Kier alpha value is -1.66. The van der Waals surface area contributed by atoms with E-state index in [9.17, 15) is 9.59 Å². The molecule has 4 nitrogen and oxygen atoms in total. The van der Waals surface area contributed by atoms with Crippen LogP contribution in [-0.2, 0) is 9.59 Å². The van der Waals surface area contributed by atoms with Gasteiger partial charge in [-0.3, -0.25) is 14.5 Å². The summed E-state index contributed by atoms with van der Waals surface area (Å²) < 4.78 is 5.57. The van der Waals surface area contributed by atoms with Gasteiger partial charge in [0.25, 0.3) is 5.91 Å². The molecule has 1 aliphatic rings. The van der Waals surface area contributed by atoms with Gasteiger partial charge < -0.3 is 4.74 Å². The van der Waals surface area contributed by atoms with Crippen LogP contribution in [0.4, 0.5) is 0 Å². The molecule has 0 radical (unpaired) electrons. The van der Waals surface area contributed by atoms with Crippen molar-refractivity contribution in [2.75, 3.05) is 6.54 Å². The minimum absolute atomic E-state index is 0.0455. The number of ether oxygens (including phenoxy) is 1. The molecule has 0 atom stereocenters. The molecule has 0 aliphatic carbocycles. The van der Waals surface area contributed by atoms with E-state index in [0.717, 1.165) is 12.0 Å². The van der Waals surface area contributed by atoms with E-state index in [-0.39, 0.29) is 11.9 Å². The van der Waals surface area contributed by atoms with Crippen LogP contribution in [0.3, 0.4) is 0 Å². The Labute approximate surface area is 133 Å². The number of esters is 1. The average Bonchev–Trinajstić information content (AvgIpc) is 2.69. The summed E-state index contributed by atoms with van der Waals surface area (Å²) >= 11 is 6.53. The van der Waals surface area contributed by atoms with Crippen molar-refractivity contribution in [3.63, 3.8) is 0 Å². The molecule has 0 aromatic heterocycles. The van der Waals surface area contributed by atoms with Gasteiger partial charge in [-0.2, -0.15) is 0 Å². The molecule has 21 heavy (non-hydrogen) atoms. The van der Waals surface area contributed by atoms with E-state index >= 15 is 0 Å². The lowest BCUT2D eigenvalue weighted by atomic mass is 10.2. The molecule has 0 unspecified atom stereocenters. The Bertz CT molecular complexity index is 608. The zero-order chi connectivity index (χ0) is 15.4. The van der Waals surface area contributed by atoms with Crippen LogP contribution in [0.1, 0.15) is 25.8 Å². The van der Waals surface area contributed by atoms with Crippen molar-refractivity contribution in [2.45, 2.75) is 20.3 Å². The van der Waals surface area contributed by atoms with Gasteiger partial charge in [-0.05, 0) is 30.2 Å². The summed E-state index contributed by atoms with van der Waals surface area (Å²) in [5, 5.41) is 0. The first-order valence-corrected chi connectivity index (χ1v) is 7.77. The van der Waals surface area contributed by atoms with Crippen LogP contribution in [0.5, 0.6) is 5.75 Å². The third kappa shape index (κ3) is 3.92. The van der Waals surface area contributed by atoms with Gasteiger partial charge in [0.1, 0.15) is 10.1 Å². The van der Waals surface area contributed by atoms with E-state index in [1.54, 1.807) is 35.2 Å². The van der Waals surface area contributed by atoms with E-state index in [1.165, 1.54) is 18.7 Å². The minimum atomic E-state index is -0.358. The zero-order valence-corrected chi connectivity index (χ0v) is 13.4. The fourth-order valence-corrected chi connectivity index (χ4v) is 3.17. The first-order valence-electron chi connectivity index (χ1n) is 6.55. The van der Waals surface area contributed by atoms with Gasteiger partial charge in [0.15, 0.2) is 0 Å². The highest BCUT2D eigenvalue weighted by molar-refractivity contribution is 8.26. The lowest BCUT2D eigenvalue weighted by molar-refractivity contribution is -0.131. The number of hydrogen-bond acceptors (Lipinski definition) is 5. The van der Waals surface area contributed by atoms with Crippen LogP contribution >= 0.6 is 24.0 Å². The third-order valence-electron chi connectivity index (χ3n) is 2.76. The number of amides is 1. The summed E-state index contributed by atoms with van der Waals surface area (Å²) in [7, 11) is 0. The second-order valence-electron chi connectivity index (χ2n) is 4.50. The maximum Gasteiger partial charge on any atom is 0.308 e. The summed E-state index contributed by atoms with van der Waals surface area (Å²) in [6.07, 6.45) is 2.67. The molecule has 0 spiro atoms. The van der Waals surface area contributed by atoms with E-state index in [1.807, 2.05) is 6.92 Å². The fourth-order valence-electron chi connectivity index (χ4n) is 1.87. The lowest BCUT2D eigenvalue weighted by Crippen LogP contribution is -2.28. The first kappa shape index (κ1) is 15.7. The quantitative estimate of drug-likeness (QED) is 0.369. The van der Waals surface area contributed by atoms with Crippen LogP contribution in [0, 0.1) is 0 Å². The average molecular weight is 321 g/mol. The summed E-state index contributed by atoms with van der Waals surface area (Å²) in [6.45, 7) is 4.01. The second-order valence-corrected chi connectivity index (χ2v) is 6.17. The number of carbonyl (C=O) groups is 2. The fraction of sp³-hybridized carbons (Fsp3) is 0.267. The number of nitrogens with zero attached hydrogens (tertiary/aromatic N) is 1. The van der Waals surface area contributed by atoms with Crippen molar-refractivity contribution in [1.29, 1.82) is 0 Å². The van der Waals surface area contributed by atoms with Crippen molar-refractivity contribution in [3.8, 4) is 5.75 Å². The smallest absolute Gasteiger partial charge is 0.308 e. The van der Waals surface area contributed by atoms with Crippen molar-refractivity contribution in [2.24, 2.45) is 0 Å². The van der Waals surface area contributed by atoms with E-state index in [2.05, 4.69) is 0 Å². The van der Waals surface area contributed by atoms with Crippen LogP contribution < -0.4 is 4.74 Å². The van der Waals surface area contributed by atoms with Gasteiger partial charge in [0.05, 0.1) is 4.91 Å². The van der Waals surface area contributed by atoms with Crippen molar-refractivity contribution >= 4 is 46.3 Å². The summed E-state index contributed by atoms with van der Waals surface area (Å²) in [6, 6.07) is 6.98. The molecule has 1 fully saturated rings. The lowest BCUT2D eigenvalue weighted by Gasteiger charge is -2.11. The molecule has 2 rings (SSSR count). The highest BCUT2D eigenvalue weighted by Crippen LogP contribution is 2.32. The molecule has 0 N–H and O–H groups in total. The largest absolute Gasteiger partial charge is 0.427 e. The number of thiocarbonyl (C=S) groups is 1. The number of carbonyl (C=O) groups excluding carboxylic acids is 2. The van der Waals surface area contributed by atoms with Crippen LogP contribution in [0.25, 0.3) is 6.08 Å². The molecule has 1 saturated heterocycles. The van der Waals surface area contributed by atoms with Crippen LogP contribution in [-0.4, -0.2) is 27.6 Å². The van der Waals surface area contributed by atoms with Crippen molar-refractivity contribution in [3.05, 3.63) is 34.7 Å². The van der Waals surface area contributed by atoms with Gasteiger partial charge in [0.2, 0.25) is 0 Å².